The van der Waals surface area contributed by atoms with Gasteiger partial charge in [-0.15, -0.1) is 0 Å². The molecule has 1 aliphatic heterocycles. The van der Waals surface area contributed by atoms with Crippen LogP contribution in [0.3, 0.4) is 0 Å². The average Bonchev–Trinajstić information content (AvgIpc) is 2.50. The molecule has 1 unspecified atom stereocenters. The molecule has 1 rings (SSSR count). The number of piperazine rings is 1. The SMILES string of the molecule is CCCC(C(N)=NO)N1CCN(S(=O)(=O)CCOC)CC1. The first-order valence-electron chi connectivity index (χ1n) is 7.14. The lowest BCUT2D eigenvalue weighted by Gasteiger charge is -2.38. The largest absolute Gasteiger partial charge is 0.409 e. The lowest BCUT2D eigenvalue weighted by atomic mass is 10.1. The van der Waals surface area contributed by atoms with Crippen LogP contribution in [-0.2, 0) is 14.8 Å². The Balaban J connectivity index is 2.61. The Bertz CT molecular complexity index is 433. The summed E-state index contributed by atoms with van der Waals surface area (Å²) in [7, 11) is -1.78. The molecule has 0 bridgehead atoms. The van der Waals surface area contributed by atoms with Gasteiger partial charge < -0.3 is 15.7 Å². The van der Waals surface area contributed by atoms with Crippen molar-refractivity contribution in [2.75, 3.05) is 45.6 Å². The number of amidine groups is 1. The van der Waals surface area contributed by atoms with Gasteiger partial charge in [-0.1, -0.05) is 18.5 Å². The van der Waals surface area contributed by atoms with Gasteiger partial charge in [-0.2, -0.15) is 4.31 Å². The molecule has 3 N–H and O–H groups in total. The third kappa shape index (κ3) is 5.10. The maximum atomic E-state index is 12.1. The second-order valence-electron chi connectivity index (χ2n) is 5.07. The molecule has 1 saturated heterocycles. The van der Waals surface area contributed by atoms with Crippen molar-refractivity contribution in [3.8, 4) is 0 Å². The quantitative estimate of drug-likeness (QED) is 0.270. The highest BCUT2D eigenvalue weighted by Crippen LogP contribution is 2.14. The number of ether oxygens (including phenoxy) is 1. The first kappa shape index (κ1) is 18.1. The number of nitrogens with two attached hydrogens (primary N) is 1. The minimum Gasteiger partial charge on any atom is -0.409 e. The van der Waals surface area contributed by atoms with Gasteiger partial charge in [0.1, 0.15) is 0 Å². The average molecular weight is 322 g/mol. The van der Waals surface area contributed by atoms with Crippen LogP contribution in [0.5, 0.6) is 0 Å². The zero-order chi connectivity index (χ0) is 15.9. The van der Waals surface area contributed by atoms with Gasteiger partial charge in [0, 0.05) is 33.3 Å². The molecule has 0 aromatic heterocycles. The van der Waals surface area contributed by atoms with Crippen molar-refractivity contribution in [1.29, 1.82) is 0 Å². The summed E-state index contributed by atoms with van der Waals surface area (Å²) in [5.74, 6) is 0.190. The number of sulfonamides is 1. The third-order valence-electron chi connectivity index (χ3n) is 3.67. The molecule has 0 spiro atoms. The number of hydrogen-bond acceptors (Lipinski definition) is 6. The predicted octanol–water partition coefficient (Wildman–Crippen LogP) is -0.505. The zero-order valence-corrected chi connectivity index (χ0v) is 13.5. The Kier molecular flexibility index (Phi) is 7.36. The van der Waals surface area contributed by atoms with E-state index in [1.165, 1.54) is 11.4 Å². The van der Waals surface area contributed by atoms with E-state index < -0.39 is 10.0 Å². The fraction of sp³-hybridized carbons (Fsp3) is 0.917. The summed E-state index contributed by atoms with van der Waals surface area (Å²) < 4.78 is 30.5. The van der Waals surface area contributed by atoms with E-state index in [0.29, 0.717) is 26.2 Å². The summed E-state index contributed by atoms with van der Waals surface area (Å²) in [4.78, 5) is 2.07. The Morgan fingerprint density at radius 2 is 2.00 bits per heavy atom. The topological polar surface area (TPSA) is 108 Å². The van der Waals surface area contributed by atoms with Crippen molar-refractivity contribution in [2.45, 2.75) is 25.8 Å². The van der Waals surface area contributed by atoms with Crippen molar-refractivity contribution in [2.24, 2.45) is 10.9 Å². The van der Waals surface area contributed by atoms with Gasteiger partial charge in [-0.05, 0) is 6.42 Å². The van der Waals surface area contributed by atoms with Crippen LogP contribution in [0.1, 0.15) is 19.8 Å². The molecule has 0 saturated carbocycles. The van der Waals surface area contributed by atoms with E-state index in [-0.39, 0.29) is 24.2 Å². The highest BCUT2D eigenvalue weighted by Gasteiger charge is 2.30. The van der Waals surface area contributed by atoms with Crippen LogP contribution in [0.4, 0.5) is 0 Å². The zero-order valence-electron chi connectivity index (χ0n) is 12.7. The van der Waals surface area contributed by atoms with Gasteiger partial charge in [0.15, 0.2) is 5.84 Å². The van der Waals surface area contributed by atoms with Gasteiger partial charge in [0.25, 0.3) is 0 Å². The number of rotatable bonds is 8. The monoisotopic (exact) mass is 322 g/mol. The predicted molar refractivity (Wildman–Crippen MR) is 80.9 cm³/mol. The Hall–Kier alpha value is -0.900. The summed E-state index contributed by atoms with van der Waals surface area (Å²) in [6.45, 7) is 4.23. The van der Waals surface area contributed by atoms with Crippen LogP contribution in [0.15, 0.2) is 5.16 Å². The first-order chi connectivity index (χ1) is 9.96. The second kappa shape index (κ2) is 8.52. The molecule has 0 aromatic rings. The lowest BCUT2D eigenvalue weighted by molar-refractivity contribution is 0.157. The van der Waals surface area contributed by atoms with Crippen LogP contribution in [0, 0.1) is 0 Å². The molecular formula is C12H26N4O4S. The summed E-state index contributed by atoms with van der Waals surface area (Å²) >= 11 is 0. The van der Waals surface area contributed by atoms with Crippen molar-refractivity contribution in [3.05, 3.63) is 0 Å². The molecule has 0 radical (unpaired) electrons. The molecule has 21 heavy (non-hydrogen) atoms. The molecule has 1 fully saturated rings. The van der Waals surface area contributed by atoms with E-state index in [1.807, 2.05) is 6.92 Å². The number of oxime groups is 1. The normalized spacial score (nSPS) is 20.6. The van der Waals surface area contributed by atoms with Gasteiger partial charge in [0.05, 0.1) is 18.4 Å². The Morgan fingerprint density at radius 3 is 2.48 bits per heavy atom. The molecule has 1 heterocycles. The number of hydrogen-bond donors (Lipinski definition) is 2. The maximum absolute atomic E-state index is 12.1. The minimum absolute atomic E-state index is 0.00211. The molecule has 0 aliphatic carbocycles. The fourth-order valence-corrected chi connectivity index (χ4v) is 3.82. The van der Waals surface area contributed by atoms with Gasteiger partial charge in [-0.25, -0.2) is 8.42 Å². The smallest absolute Gasteiger partial charge is 0.216 e. The molecule has 0 aromatic carbocycles. The summed E-state index contributed by atoms with van der Waals surface area (Å²) in [6.07, 6.45) is 1.69. The fourth-order valence-electron chi connectivity index (χ4n) is 2.47. The van der Waals surface area contributed by atoms with Crippen molar-refractivity contribution < 1.29 is 18.4 Å². The number of nitrogens with zero attached hydrogens (tertiary/aromatic N) is 3. The van der Waals surface area contributed by atoms with E-state index in [4.69, 9.17) is 15.7 Å². The molecule has 0 amide bonds. The van der Waals surface area contributed by atoms with Crippen molar-refractivity contribution >= 4 is 15.9 Å². The summed E-state index contributed by atoms with van der Waals surface area (Å²) in [5.41, 5.74) is 5.73. The molecule has 1 aliphatic rings. The third-order valence-corrected chi connectivity index (χ3v) is 5.51. The van der Waals surface area contributed by atoms with E-state index in [2.05, 4.69) is 10.1 Å². The van der Waals surface area contributed by atoms with Crippen molar-refractivity contribution in [1.82, 2.24) is 9.21 Å². The lowest BCUT2D eigenvalue weighted by Crippen LogP contribution is -2.55. The maximum Gasteiger partial charge on any atom is 0.216 e. The van der Waals surface area contributed by atoms with E-state index in [9.17, 15) is 8.42 Å². The van der Waals surface area contributed by atoms with Crippen LogP contribution in [-0.4, -0.2) is 80.4 Å². The van der Waals surface area contributed by atoms with Crippen LogP contribution < -0.4 is 5.73 Å². The highest BCUT2D eigenvalue weighted by molar-refractivity contribution is 7.89. The van der Waals surface area contributed by atoms with E-state index in [0.717, 1.165) is 12.8 Å². The summed E-state index contributed by atoms with van der Waals surface area (Å²) in [6, 6.07) is -0.135. The summed E-state index contributed by atoms with van der Waals surface area (Å²) in [5, 5.41) is 12.0. The van der Waals surface area contributed by atoms with E-state index in [1.54, 1.807) is 0 Å². The van der Waals surface area contributed by atoms with Crippen LogP contribution >= 0.6 is 0 Å². The number of methoxy groups -OCH3 is 1. The molecular weight excluding hydrogens is 296 g/mol. The van der Waals surface area contributed by atoms with Gasteiger partial charge >= 0.3 is 0 Å². The van der Waals surface area contributed by atoms with Crippen LogP contribution in [0.25, 0.3) is 0 Å². The van der Waals surface area contributed by atoms with Crippen LogP contribution in [0.2, 0.25) is 0 Å². The standard InChI is InChI=1S/C12H26N4O4S/c1-3-4-11(12(13)14-17)15-5-7-16(8-6-15)21(18,19)10-9-20-2/h11,17H,3-10H2,1-2H3,(H2,13,14). The minimum atomic E-state index is -3.26. The van der Waals surface area contributed by atoms with Gasteiger partial charge in [-0.3, -0.25) is 4.90 Å². The molecule has 1 atom stereocenters. The second-order valence-corrected chi connectivity index (χ2v) is 7.16. The Labute approximate surface area is 126 Å². The molecule has 9 heteroatoms. The first-order valence-corrected chi connectivity index (χ1v) is 8.75. The van der Waals surface area contributed by atoms with Gasteiger partial charge in [0.2, 0.25) is 10.0 Å². The molecule has 124 valence electrons. The molecule has 8 nitrogen and oxygen atoms in total. The Morgan fingerprint density at radius 1 is 1.38 bits per heavy atom. The van der Waals surface area contributed by atoms with Crippen molar-refractivity contribution in [3.63, 3.8) is 0 Å². The van der Waals surface area contributed by atoms with E-state index >= 15 is 0 Å². The highest BCUT2D eigenvalue weighted by atomic mass is 32.2.